The maximum atomic E-state index is 13.3. The summed E-state index contributed by atoms with van der Waals surface area (Å²) >= 11 is 0. The van der Waals surface area contributed by atoms with Crippen molar-refractivity contribution in [2.24, 2.45) is 5.92 Å². The Labute approximate surface area is 248 Å². The third kappa shape index (κ3) is 10.4. The van der Waals surface area contributed by atoms with E-state index in [1.165, 1.54) is 23.1 Å². The van der Waals surface area contributed by atoms with Gasteiger partial charge in [-0.3, -0.25) is 9.59 Å². The Bertz CT molecular complexity index is 1270. The molecule has 1 heterocycles. The van der Waals surface area contributed by atoms with Gasteiger partial charge in [-0.25, -0.2) is 9.37 Å². The molecule has 3 rings (SSSR count). The van der Waals surface area contributed by atoms with E-state index >= 15 is 0 Å². The van der Waals surface area contributed by atoms with E-state index in [2.05, 4.69) is 37.8 Å². The van der Waals surface area contributed by atoms with Crippen molar-refractivity contribution in [3.63, 3.8) is 0 Å². The number of hydrogen-bond acceptors (Lipinski definition) is 8. The summed E-state index contributed by atoms with van der Waals surface area (Å²) in [4.78, 5) is 37.8. The maximum absolute atomic E-state index is 13.3. The lowest BCUT2D eigenvalue weighted by atomic mass is 9.86. The summed E-state index contributed by atoms with van der Waals surface area (Å²) in [6.07, 6.45) is 8.41. The predicted octanol–water partition coefficient (Wildman–Crippen LogP) is 3.41. The minimum atomic E-state index is -0.590. The van der Waals surface area contributed by atoms with Gasteiger partial charge in [0.25, 0.3) is 0 Å². The zero-order valence-electron chi connectivity index (χ0n) is 25.1. The van der Waals surface area contributed by atoms with Crippen LogP contribution in [0.25, 0.3) is 0 Å². The van der Waals surface area contributed by atoms with Crippen LogP contribution in [0.15, 0.2) is 42.6 Å². The molecule has 1 saturated carbocycles. The number of ether oxygens (including phenoxy) is 1. The Hall–Kier alpha value is -4.01. The van der Waals surface area contributed by atoms with Gasteiger partial charge in [0.2, 0.25) is 17.8 Å². The molecule has 2 amide bonds. The van der Waals surface area contributed by atoms with Crippen LogP contribution in [-0.2, 0) is 14.3 Å². The van der Waals surface area contributed by atoms with Gasteiger partial charge in [-0.15, -0.1) is 0 Å². The normalized spacial score (nSPS) is 17.3. The molecule has 0 aliphatic heterocycles. The molecule has 0 bridgehead atoms. The smallest absolute Gasteiger partial charge is 0.246 e. The van der Waals surface area contributed by atoms with E-state index in [4.69, 9.17) is 4.74 Å². The second kappa shape index (κ2) is 16.4. The van der Waals surface area contributed by atoms with Crippen molar-refractivity contribution in [3.05, 3.63) is 54.0 Å². The molecular formula is C31H42FN7O3. The molecule has 0 saturated heterocycles. The first-order valence-electron chi connectivity index (χ1n) is 14.2. The number of carbonyl (C=O) groups is 2. The molecule has 3 N–H and O–H groups in total. The number of methoxy groups -OCH3 is 1. The summed E-state index contributed by atoms with van der Waals surface area (Å²) in [7, 11) is 7.12. The van der Waals surface area contributed by atoms with Crippen molar-refractivity contribution in [3.8, 4) is 11.8 Å². The first-order chi connectivity index (χ1) is 20.2. The quantitative estimate of drug-likeness (QED) is 0.199. The van der Waals surface area contributed by atoms with Gasteiger partial charge in [-0.1, -0.05) is 24.3 Å². The SMILES string of the molecule is COCCNc1nc(Nc2ccc(F)cc2)ncc1C#C[C@@H]1CCC[C@H](NC(=O)[C@H](C)N(C)C(=O)C=CCN(C)C)C1. The summed E-state index contributed by atoms with van der Waals surface area (Å²) in [6, 6.07) is 5.35. The first-order valence-corrected chi connectivity index (χ1v) is 14.2. The number of anilines is 3. The van der Waals surface area contributed by atoms with Gasteiger partial charge in [0.15, 0.2) is 0 Å². The van der Waals surface area contributed by atoms with Gasteiger partial charge in [-0.05, 0) is 64.5 Å². The number of hydrogen-bond donors (Lipinski definition) is 3. The highest BCUT2D eigenvalue weighted by molar-refractivity contribution is 5.92. The molecule has 226 valence electrons. The standard InChI is InChI=1S/C31H42FN7O3/c1-22(39(4)28(40)10-7-18-38(2)3)30(41)35-27-9-6-8-23(20-27)11-12-24-21-34-31(37-29(24)33-17-19-42-5)36-26-15-13-25(32)14-16-26/h7,10,13-16,21-23,27H,6,8-9,17-20H2,1-5H3,(H,35,41)(H2,33,34,36,37)/t22-,23-,27-/m0/s1. The van der Waals surface area contributed by atoms with Gasteiger partial charge >= 0.3 is 0 Å². The van der Waals surface area contributed by atoms with Crippen molar-refractivity contribution < 1.29 is 18.7 Å². The van der Waals surface area contributed by atoms with Gasteiger partial charge in [0.1, 0.15) is 17.7 Å². The van der Waals surface area contributed by atoms with Crippen LogP contribution >= 0.6 is 0 Å². The largest absolute Gasteiger partial charge is 0.383 e. The van der Waals surface area contributed by atoms with Crippen molar-refractivity contribution in [1.82, 2.24) is 25.1 Å². The molecular weight excluding hydrogens is 537 g/mol. The minimum Gasteiger partial charge on any atom is -0.383 e. The lowest BCUT2D eigenvalue weighted by Crippen LogP contribution is -2.49. The highest BCUT2D eigenvalue weighted by atomic mass is 19.1. The first kappa shape index (κ1) is 32.5. The van der Waals surface area contributed by atoms with E-state index in [9.17, 15) is 14.0 Å². The second-order valence-corrected chi connectivity index (χ2v) is 10.6. The van der Waals surface area contributed by atoms with Crippen molar-refractivity contribution >= 4 is 29.3 Å². The zero-order valence-corrected chi connectivity index (χ0v) is 25.1. The number of carbonyl (C=O) groups excluding carboxylic acids is 2. The lowest BCUT2D eigenvalue weighted by molar-refractivity contribution is -0.135. The number of rotatable bonds is 12. The van der Waals surface area contributed by atoms with Crippen molar-refractivity contribution in [2.75, 3.05) is 58.6 Å². The van der Waals surface area contributed by atoms with E-state index in [-0.39, 0.29) is 29.6 Å². The monoisotopic (exact) mass is 579 g/mol. The number of likely N-dealkylation sites (N-methyl/N-ethyl adjacent to an activating group) is 2. The molecule has 2 aromatic rings. The fourth-order valence-corrected chi connectivity index (χ4v) is 4.40. The molecule has 42 heavy (non-hydrogen) atoms. The highest BCUT2D eigenvalue weighted by Gasteiger charge is 2.26. The molecule has 1 aromatic carbocycles. The number of nitrogens with one attached hydrogen (secondary N) is 3. The van der Waals surface area contributed by atoms with Crippen LogP contribution in [0.3, 0.4) is 0 Å². The van der Waals surface area contributed by atoms with Crippen molar-refractivity contribution in [1.29, 1.82) is 0 Å². The van der Waals surface area contributed by atoms with Gasteiger partial charge in [0, 0.05) is 51.0 Å². The van der Waals surface area contributed by atoms with Crippen LogP contribution < -0.4 is 16.0 Å². The van der Waals surface area contributed by atoms with Crippen LogP contribution in [-0.4, -0.2) is 91.6 Å². The summed E-state index contributed by atoms with van der Waals surface area (Å²) in [5.41, 5.74) is 1.32. The van der Waals surface area contributed by atoms with Crippen LogP contribution in [0.2, 0.25) is 0 Å². The molecule has 1 aromatic heterocycles. The van der Waals surface area contributed by atoms with E-state index in [1.807, 2.05) is 19.0 Å². The Morgan fingerprint density at radius 3 is 2.69 bits per heavy atom. The molecule has 11 heteroatoms. The highest BCUT2D eigenvalue weighted by Crippen LogP contribution is 2.25. The molecule has 1 aliphatic carbocycles. The Balaban J connectivity index is 1.63. The van der Waals surface area contributed by atoms with Crippen molar-refractivity contribution in [2.45, 2.75) is 44.7 Å². The second-order valence-electron chi connectivity index (χ2n) is 10.6. The third-order valence-corrected chi connectivity index (χ3v) is 6.96. The Morgan fingerprint density at radius 2 is 1.98 bits per heavy atom. The molecule has 0 radical (unpaired) electrons. The number of halogens is 1. The van der Waals surface area contributed by atoms with E-state index in [0.717, 1.165) is 25.7 Å². The molecule has 1 fully saturated rings. The van der Waals surface area contributed by atoms with Crippen LogP contribution in [0.1, 0.15) is 38.2 Å². The predicted molar refractivity (Wildman–Crippen MR) is 163 cm³/mol. The third-order valence-electron chi connectivity index (χ3n) is 6.96. The minimum absolute atomic E-state index is 0.0152. The topological polar surface area (TPSA) is 112 Å². The van der Waals surface area contributed by atoms with Gasteiger partial charge in [0.05, 0.1) is 18.4 Å². The maximum Gasteiger partial charge on any atom is 0.246 e. The van der Waals surface area contributed by atoms with Gasteiger partial charge in [-0.2, -0.15) is 4.98 Å². The van der Waals surface area contributed by atoms with E-state index < -0.39 is 6.04 Å². The summed E-state index contributed by atoms with van der Waals surface area (Å²) in [6.45, 7) is 3.42. The number of amides is 2. The molecule has 3 atom stereocenters. The Kier molecular flexibility index (Phi) is 12.7. The fourth-order valence-electron chi connectivity index (χ4n) is 4.40. The van der Waals surface area contributed by atoms with E-state index in [0.29, 0.717) is 42.7 Å². The summed E-state index contributed by atoms with van der Waals surface area (Å²) < 4.78 is 18.4. The summed E-state index contributed by atoms with van der Waals surface area (Å²) in [5, 5.41) is 9.45. The number of aromatic nitrogens is 2. The molecule has 0 spiro atoms. The van der Waals surface area contributed by atoms with Crippen LogP contribution in [0, 0.1) is 23.6 Å². The molecule has 0 unspecified atom stereocenters. The zero-order chi connectivity index (χ0) is 30.5. The average Bonchev–Trinajstić information content (AvgIpc) is 2.97. The van der Waals surface area contributed by atoms with Crippen LogP contribution in [0.4, 0.5) is 21.8 Å². The average molecular weight is 580 g/mol. The van der Waals surface area contributed by atoms with Gasteiger partial charge < -0.3 is 30.5 Å². The molecule has 1 aliphatic rings. The summed E-state index contributed by atoms with van der Waals surface area (Å²) in [5.74, 6) is 6.92. The lowest BCUT2D eigenvalue weighted by Gasteiger charge is -2.30. The van der Waals surface area contributed by atoms with Crippen LogP contribution in [0.5, 0.6) is 0 Å². The Morgan fingerprint density at radius 1 is 1.21 bits per heavy atom. The number of benzene rings is 1. The fraction of sp³-hybridized carbons (Fsp3) is 0.484. The van der Waals surface area contributed by atoms with E-state index in [1.54, 1.807) is 45.5 Å². The molecule has 10 nitrogen and oxygen atoms in total. The number of nitrogens with zero attached hydrogens (tertiary/aromatic N) is 4.